The molecule has 0 amide bonds. The lowest BCUT2D eigenvalue weighted by Crippen LogP contribution is -2.22. The summed E-state index contributed by atoms with van der Waals surface area (Å²) in [5, 5.41) is 10.8. The van der Waals surface area contributed by atoms with Crippen LogP contribution >= 0.6 is 0 Å². The molecule has 0 aliphatic heterocycles. The van der Waals surface area contributed by atoms with Crippen LogP contribution in [-0.4, -0.2) is 43.0 Å². The van der Waals surface area contributed by atoms with Gasteiger partial charge < -0.3 is 14.7 Å². The van der Waals surface area contributed by atoms with Gasteiger partial charge in [0, 0.05) is 37.0 Å². The summed E-state index contributed by atoms with van der Waals surface area (Å²) < 4.78 is 4.77. The molecule has 0 fully saturated rings. The Morgan fingerprint density at radius 2 is 1.42 bits per heavy atom. The van der Waals surface area contributed by atoms with Crippen LogP contribution in [0.25, 0.3) is 0 Å². The normalized spacial score (nSPS) is 12.7. The smallest absolute Gasteiger partial charge is 0.343 e. The molecule has 0 heterocycles. The summed E-state index contributed by atoms with van der Waals surface area (Å²) in [5.74, 6) is -0.925. The number of phenolic OH excluding ortho intramolecular Hbond substituents is 1. The Balaban J connectivity index is 3.71. The van der Waals surface area contributed by atoms with Crippen LogP contribution in [0.15, 0.2) is 23.9 Å². The molecule has 0 radical (unpaired) electrons. The molecule has 5 heteroatoms. The molecule has 26 heavy (non-hydrogen) atoms. The first-order valence-corrected chi connectivity index (χ1v) is 8.59. The van der Waals surface area contributed by atoms with E-state index in [1.165, 1.54) is 13.3 Å². The third kappa shape index (κ3) is 4.87. The fourth-order valence-electron chi connectivity index (χ4n) is 2.64. The van der Waals surface area contributed by atoms with Crippen molar-refractivity contribution in [3.8, 4) is 5.75 Å². The van der Waals surface area contributed by atoms with Crippen LogP contribution < -0.4 is 0 Å². The molecule has 0 aliphatic rings. The van der Waals surface area contributed by atoms with E-state index in [1.54, 1.807) is 31.1 Å². The standard InChI is InChI=1S/C21H31NO4/c1-20(2,3)15-10-13(11-16(18(15)24)21(4,5)6)17(23)14(12-22(7)8)19(25)26-9/h10-12,24H,1-9H3. The van der Waals surface area contributed by atoms with Crippen molar-refractivity contribution in [2.75, 3.05) is 21.2 Å². The van der Waals surface area contributed by atoms with E-state index in [4.69, 9.17) is 4.74 Å². The molecule has 0 unspecified atom stereocenters. The van der Waals surface area contributed by atoms with E-state index in [0.29, 0.717) is 16.7 Å². The molecule has 0 bridgehead atoms. The number of carbonyl (C=O) groups is 2. The number of ether oxygens (including phenoxy) is 1. The second-order valence-corrected chi connectivity index (χ2v) is 8.75. The second kappa shape index (κ2) is 7.52. The molecular weight excluding hydrogens is 330 g/mol. The molecule has 1 aromatic carbocycles. The van der Waals surface area contributed by atoms with Crippen LogP contribution in [0, 0.1) is 0 Å². The van der Waals surface area contributed by atoms with E-state index in [9.17, 15) is 14.7 Å². The Morgan fingerprint density at radius 1 is 1.00 bits per heavy atom. The summed E-state index contributed by atoms with van der Waals surface area (Å²) in [5.41, 5.74) is 0.914. The summed E-state index contributed by atoms with van der Waals surface area (Å²) in [7, 11) is 4.71. The number of Topliss-reactive ketones (excluding diaryl/α,β-unsaturated/α-hetero) is 1. The minimum atomic E-state index is -0.689. The van der Waals surface area contributed by atoms with Gasteiger partial charge in [-0.2, -0.15) is 0 Å². The second-order valence-electron chi connectivity index (χ2n) is 8.75. The van der Waals surface area contributed by atoms with Gasteiger partial charge in [0.15, 0.2) is 0 Å². The van der Waals surface area contributed by atoms with Gasteiger partial charge in [-0.3, -0.25) is 4.79 Å². The highest BCUT2D eigenvalue weighted by Crippen LogP contribution is 2.40. The van der Waals surface area contributed by atoms with Crippen molar-refractivity contribution in [3.05, 3.63) is 40.6 Å². The van der Waals surface area contributed by atoms with Gasteiger partial charge in [0.25, 0.3) is 0 Å². The van der Waals surface area contributed by atoms with E-state index >= 15 is 0 Å². The van der Waals surface area contributed by atoms with Crippen LogP contribution in [0.5, 0.6) is 5.75 Å². The first-order chi connectivity index (χ1) is 11.7. The molecule has 0 spiro atoms. The number of aromatic hydroxyl groups is 1. The van der Waals surface area contributed by atoms with Crippen LogP contribution in [-0.2, 0) is 20.4 Å². The summed E-state index contributed by atoms with van der Waals surface area (Å²) in [6, 6.07) is 3.33. The lowest BCUT2D eigenvalue weighted by atomic mass is 9.77. The number of esters is 1. The average Bonchev–Trinajstić information content (AvgIpc) is 2.48. The van der Waals surface area contributed by atoms with E-state index < -0.39 is 11.8 Å². The number of hydrogen-bond donors (Lipinski definition) is 1. The number of benzene rings is 1. The van der Waals surface area contributed by atoms with Crippen LogP contribution in [0.3, 0.4) is 0 Å². The summed E-state index contributed by atoms with van der Waals surface area (Å²) in [6.07, 6.45) is 1.45. The molecule has 1 rings (SSSR count). The van der Waals surface area contributed by atoms with E-state index in [2.05, 4.69) is 0 Å². The minimum Gasteiger partial charge on any atom is -0.507 e. The molecule has 0 saturated heterocycles. The molecule has 0 saturated carbocycles. The van der Waals surface area contributed by atoms with E-state index in [0.717, 1.165) is 0 Å². The molecule has 0 atom stereocenters. The highest BCUT2D eigenvalue weighted by atomic mass is 16.5. The van der Waals surface area contributed by atoms with Gasteiger partial charge in [-0.1, -0.05) is 41.5 Å². The number of nitrogens with zero attached hydrogens (tertiary/aromatic N) is 1. The zero-order valence-electron chi connectivity index (χ0n) is 17.4. The predicted molar refractivity (Wildman–Crippen MR) is 104 cm³/mol. The minimum absolute atomic E-state index is 0.0529. The zero-order valence-corrected chi connectivity index (χ0v) is 17.4. The lowest BCUT2D eigenvalue weighted by Gasteiger charge is -2.28. The molecule has 0 aromatic heterocycles. The molecule has 5 nitrogen and oxygen atoms in total. The molecular formula is C21H31NO4. The van der Waals surface area contributed by atoms with Gasteiger partial charge in [-0.25, -0.2) is 4.79 Å². The molecule has 0 aliphatic carbocycles. The van der Waals surface area contributed by atoms with Gasteiger partial charge in [0.05, 0.1) is 7.11 Å². The maximum absolute atomic E-state index is 13.1. The summed E-state index contributed by atoms with van der Waals surface area (Å²) in [4.78, 5) is 26.8. The lowest BCUT2D eigenvalue weighted by molar-refractivity contribution is -0.135. The van der Waals surface area contributed by atoms with Gasteiger partial charge in [0.2, 0.25) is 5.78 Å². The number of methoxy groups -OCH3 is 1. The first kappa shape index (κ1) is 21.7. The quantitative estimate of drug-likeness (QED) is 0.291. The fraction of sp³-hybridized carbons (Fsp3) is 0.524. The van der Waals surface area contributed by atoms with Crippen molar-refractivity contribution in [2.24, 2.45) is 0 Å². The average molecular weight is 361 g/mol. The van der Waals surface area contributed by atoms with Crippen molar-refractivity contribution >= 4 is 11.8 Å². The number of phenols is 1. The summed E-state index contributed by atoms with van der Waals surface area (Å²) >= 11 is 0. The van der Waals surface area contributed by atoms with Crippen molar-refractivity contribution in [2.45, 2.75) is 52.4 Å². The number of ketones is 1. The van der Waals surface area contributed by atoms with Crippen molar-refractivity contribution in [3.63, 3.8) is 0 Å². The molecule has 144 valence electrons. The van der Waals surface area contributed by atoms with Gasteiger partial charge in [0.1, 0.15) is 11.3 Å². The van der Waals surface area contributed by atoms with Crippen LogP contribution in [0.1, 0.15) is 63.0 Å². The topological polar surface area (TPSA) is 66.8 Å². The van der Waals surface area contributed by atoms with Crippen molar-refractivity contribution in [1.82, 2.24) is 4.90 Å². The predicted octanol–water partition coefficient (Wildman–Crippen LogP) is 3.79. The Labute approximate surface area is 156 Å². The Kier molecular flexibility index (Phi) is 6.29. The largest absolute Gasteiger partial charge is 0.507 e. The van der Waals surface area contributed by atoms with E-state index in [-0.39, 0.29) is 22.2 Å². The maximum atomic E-state index is 13.1. The number of hydrogen-bond acceptors (Lipinski definition) is 5. The Bertz CT molecular complexity index is 696. The Morgan fingerprint density at radius 3 is 1.73 bits per heavy atom. The third-order valence-corrected chi connectivity index (χ3v) is 4.03. The molecule has 1 N–H and O–H groups in total. The highest BCUT2D eigenvalue weighted by Gasteiger charge is 2.30. The summed E-state index contributed by atoms with van der Waals surface area (Å²) in [6.45, 7) is 11.8. The highest BCUT2D eigenvalue weighted by molar-refractivity contribution is 6.24. The maximum Gasteiger partial charge on any atom is 0.343 e. The first-order valence-electron chi connectivity index (χ1n) is 8.59. The van der Waals surface area contributed by atoms with Crippen LogP contribution in [0.2, 0.25) is 0 Å². The van der Waals surface area contributed by atoms with Crippen LogP contribution in [0.4, 0.5) is 0 Å². The van der Waals surface area contributed by atoms with Gasteiger partial charge in [-0.15, -0.1) is 0 Å². The Hall–Kier alpha value is -2.30. The van der Waals surface area contributed by atoms with Crippen molar-refractivity contribution < 1.29 is 19.4 Å². The van der Waals surface area contributed by atoms with Gasteiger partial charge >= 0.3 is 5.97 Å². The van der Waals surface area contributed by atoms with Gasteiger partial charge in [-0.05, 0) is 23.0 Å². The third-order valence-electron chi connectivity index (χ3n) is 4.03. The monoisotopic (exact) mass is 361 g/mol. The van der Waals surface area contributed by atoms with Crippen molar-refractivity contribution in [1.29, 1.82) is 0 Å². The number of carbonyl (C=O) groups excluding carboxylic acids is 2. The number of rotatable bonds is 4. The molecule has 1 aromatic rings. The fourth-order valence-corrected chi connectivity index (χ4v) is 2.64. The zero-order chi connectivity index (χ0) is 20.4. The van der Waals surface area contributed by atoms with E-state index in [1.807, 2.05) is 41.5 Å². The SMILES string of the molecule is COC(=O)C(=CN(C)C)C(=O)c1cc(C(C)(C)C)c(O)c(C(C)(C)C)c1.